The third-order valence-corrected chi connectivity index (χ3v) is 3.85. The zero-order chi connectivity index (χ0) is 14.9. The summed E-state index contributed by atoms with van der Waals surface area (Å²) >= 11 is 0. The molecule has 0 amide bonds. The maximum absolute atomic E-state index is 5.65. The highest BCUT2D eigenvalue weighted by atomic mass is 16.4. The van der Waals surface area contributed by atoms with Crippen molar-refractivity contribution < 1.29 is 4.42 Å². The fourth-order valence-electron chi connectivity index (χ4n) is 2.66. The molecule has 114 valence electrons. The predicted octanol–water partition coefficient (Wildman–Crippen LogP) is 1.95. The molecule has 0 aromatic carbocycles. The lowest BCUT2D eigenvalue weighted by Gasteiger charge is -2.22. The lowest BCUT2D eigenvalue weighted by molar-refractivity contribution is 0.266. The Labute approximate surface area is 122 Å². The van der Waals surface area contributed by atoms with E-state index in [9.17, 15) is 0 Å². The van der Waals surface area contributed by atoms with E-state index in [1.54, 1.807) is 6.26 Å². The van der Waals surface area contributed by atoms with Gasteiger partial charge in [0.1, 0.15) is 6.26 Å². The van der Waals surface area contributed by atoms with E-state index < -0.39 is 0 Å². The molecular weight excluding hydrogens is 252 g/mol. The Hall–Kier alpha value is -1.07. The van der Waals surface area contributed by atoms with Gasteiger partial charge in [0.2, 0.25) is 0 Å². The molecule has 0 saturated carbocycles. The molecule has 20 heavy (non-hydrogen) atoms. The summed E-state index contributed by atoms with van der Waals surface area (Å²) in [7, 11) is 4.28. The minimum atomic E-state index is 0.0945. The van der Waals surface area contributed by atoms with Crippen molar-refractivity contribution in [2.45, 2.75) is 45.8 Å². The number of nitrogens with zero attached hydrogens (tertiary/aromatic N) is 3. The molecular formula is C15H28N4O. The van der Waals surface area contributed by atoms with Crippen LogP contribution in [0.15, 0.2) is 10.7 Å². The van der Waals surface area contributed by atoms with Crippen LogP contribution >= 0.6 is 0 Å². The van der Waals surface area contributed by atoms with Gasteiger partial charge < -0.3 is 19.5 Å². The summed E-state index contributed by atoms with van der Waals surface area (Å²) < 4.78 is 5.65. The maximum Gasteiger partial charge on any atom is 0.297 e. The molecule has 1 aromatic rings. The Bertz CT molecular complexity index is 435. The van der Waals surface area contributed by atoms with Gasteiger partial charge in [-0.2, -0.15) is 4.98 Å². The van der Waals surface area contributed by atoms with Crippen molar-refractivity contribution in [3.63, 3.8) is 0 Å². The van der Waals surface area contributed by atoms with Gasteiger partial charge in [0.15, 0.2) is 0 Å². The van der Waals surface area contributed by atoms with Gasteiger partial charge in [-0.15, -0.1) is 0 Å². The molecule has 1 aliphatic heterocycles. The number of hydrogen-bond acceptors (Lipinski definition) is 5. The Morgan fingerprint density at radius 2 is 2.10 bits per heavy atom. The van der Waals surface area contributed by atoms with Crippen LogP contribution in [0.1, 0.15) is 33.4 Å². The van der Waals surface area contributed by atoms with Gasteiger partial charge >= 0.3 is 0 Å². The molecule has 2 atom stereocenters. The van der Waals surface area contributed by atoms with E-state index in [2.05, 4.69) is 61.9 Å². The lowest BCUT2D eigenvalue weighted by atomic mass is 10.1. The molecule has 0 aliphatic carbocycles. The Morgan fingerprint density at radius 3 is 2.65 bits per heavy atom. The molecule has 0 radical (unpaired) electrons. The van der Waals surface area contributed by atoms with Crippen molar-refractivity contribution >= 4 is 6.01 Å². The summed E-state index contributed by atoms with van der Waals surface area (Å²) in [5.41, 5.74) is 1.06. The van der Waals surface area contributed by atoms with E-state index in [4.69, 9.17) is 4.42 Å². The number of likely N-dealkylation sites (N-methyl/N-ethyl adjacent to an activating group) is 1. The monoisotopic (exact) mass is 280 g/mol. The smallest absolute Gasteiger partial charge is 0.297 e. The first kappa shape index (κ1) is 15.3. The van der Waals surface area contributed by atoms with Crippen LogP contribution in [0.4, 0.5) is 6.01 Å². The van der Waals surface area contributed by atoms with Gasteiger partial charge in [-0.3, -0.25) is 0 Å². The van der Waals surface area contributed by atoms with E-state index in [0.29, 0.717) is 12.0 Å². The van der Waals surface area contributed by atoms with Crippen LogP contribution < -0.4 is 10.2 Å². The van der Waals surface area contributed by atoms with Gasteiger partial charge in [0, 0.05) is 31.2 Å². The first-order chi connectivity index (χ1) is 9.26. The van der Waals surface area contributed by atoms with Crippen molar-refractivity contribution in [1.29, 1.82) is 0 Å². The zero-order valence-electron chi connectivity index (χ0n) is 13.6. The summed E-state index contributed by atoms with van der Waals surface area (Å²) in [5.74, 6) is 0.632. The van der Waals surface area contributed by atoms with Crippen molar-refractivity contribution in [3.05, 3.63) is 12.0 Å². The number of hydrogen-bond donors (Lipinski definition) is 1. The zero-order valence-corrected chi connectivity index (χ0v) is 13.6. The molecule has 1 N–H and O–H groups in total. The van der Waals surface area contributed by atoms with Gasteiger partial charge in [-0.05, 0) is 40.8 Å². The van der Waals surface area contributed by atoms with Crippen LogP contribution in [0.3, 0.4) is 0 Å². The van der Waals surface area contributed by atoms with Crippen molar-refractivity contribution in [2.75, 3.05) is 32.1 Å². The van der Waals surface area contributed by atoms with Crippen molar-refractivity contribution in [1.82, 2.24) is 15.2 Å². The normalized spacial score (nSPS) is 23.9. The van der Waals surface area contributed by atoms with Crippen LogP contribution in [0, 0.1) is 5.92 Å². The quantitative estimate of drug-likeness (QED) is 0.913. The molecule has 1 aromatic heterocycles. The fraction of sp³-hybridized carbons (Fsp3) is 0.800. The molecule has 1 fully saturated rings. The molecule has 0 spiro atoms. The molecule has 2 rings (SSSR count). The van der Waals surface area contributed by atoms with Gasteiger partial charge in [-0.1, -0.05) is 6.92 Å². The third kappa shape index (κ3) is 3.73. The minimum Gasteiger partial charge on any atom is -0.432 e. The van der Waals surface area contributed by atoms with Crippen molar-refractivity contribution in [3.8, 4) is 0 Å². The van der Waals surface area contributed by atoms with E-state index in [1.807, 2.05) is 0 Å². The van der Waals surface area contributed by atoms with Crippen LogP contribution in [0.5, 0.6) is 0 Å². The van der Waals surface area contributed by atoms with Crippen molar-refractivity contribution in [2.24, 2.45) is 5.92 Å². The first-order valence-electron chi connectivity index (χ1n) is 7.37. The lowest BCUT2D eigenvalue weighted by Crippen LogP contribution is -2.35. The second-order valence-corrected chi connectivity index (χ2v) is 7.14. The van der Waals surface area contributed by atoms with Crippen LogP contribution in [0.2, 0.25) is 0 Å². The Morgan fingerprint density at radius 1 is 1.40 bits per heavy atom. The fourth-order valence-corrected chi connectivity index (χ4v) is 2.66. The summed E-state index contributed by atoms with van der Waals surface area (Å²) in [5, 5.41) is 3.43. The highest BCUT2D eigenvalue weighted by Crippen LogP contribution is 2.25. The summed E-state index contributed by atoms with van der Waals surface area (Å²) in [6.45, 7) is 11.5. The second kappa shape index (κ2) is 5.74. The molecule has 0 bridgehead atoms. The predicted molar refractivity (Wildman–Crippen MR) is 81.9 cm³/mol. The third-order valence-electron chi connectivity index (χ3n) is 3.85. The van der Waals surface area contributed by atoms with E-state index >= 15 is 0 Å². The van der Waals surface area contributed by atoms with Gasteiger partial charge in [0.25, 0.3) is 6.01 Å². The van der Waals surface area contributed by atoms with Crippen LogP contribution in [-0.2, 0) is 6.54 Å². The van der Waals surface area contributed by atoms with E-state index in [1.165, 1.54) is 0 Å². The highest BCUT2D eigenvalue weighted by Gasteiger charge is 2.33. The van der Waals surface area contributed by atoms with E-state index in [-0.39, 0.29) is 5.54 Å². The molecule has 1 aliphatic rings. The summed E-state index contributed by atoms with van der Waals surface area (Å²) in [6.07, 6.45) is 1.77. The highest BCUT2D eigenvalue weighted by molar-refractivity contribution is 5.30. The maximum atomic E-state index is 5.65. The Balaban J connectivity index is 1.96. The molecule has 2 heterocycles. The largest absolute Gasteiger partial charge is 0.432 e. The van der Waals surface area contributed by atoms with Gasteiger partial charge in [-0.25, -0.2) is 0 Å². The molecule has 1 saturated heterocycles. The second-order valence-electron chi connectivity index (χ2n) is 7.14. The number of aromatic nitrogens is 1. The van der Waals surface area contributed by atoms with Gasteiger partial charge in [0.05, 0.1) is 5.69 Å². The summed E-state index contributed by atoms with van der Waals surface area (Å²) in [6, 6.07) is 1.32. The average Bonchev–Trinajstić information content (AvgIpc) is 2.91. The van der Waals surface area contributed by atoms with E-state index in [0.717, 1.165) is 31.3 Å². The number of rotatable bonds is 4. The molecule has 5 nitrogen and oxygen atoms in total. The number of oxazole rings is 1. The van der Waals surface area contributed by atoms with Crippen LogP contribution in [-0.4, -0.2) is 48.6 Å². The topological polar surface area (TPSA) is 44.5 Å². The standard InChI is InChI=1S/C15H28N4O/c1-11-8-19(9-13(11)18(5)6)14-17-12(10-20-14)7-16-15(2,3)4/h10-11,13,16H,7-9H2,1-6H3. The molecule has 2 unspecified atom stereocenters. The average molecular weight is 280 g/mol. The van der Waals surface area contributed by atoms with Crippen LogP contribution in [0.25, 0.3) is 0 Å². The first-order valence-corrected chi connectivity index (χ1v) is 7.37. The number of nitrogens with one attached hydrogen (secondary N) is 1. The number of anilines is 1. The summed E-state index contributed by atoms with van der Waals surface area (Å²) in [4.78, 5) is 9.14. The minimum absolute atomic E-state index is 0.0945. The SMILES string of the molecule is CC1CN(c2nc(CNC(C)(C)C)co2)CC1N(C)C. The Kier molecular flexibility index (Phi) is 4.39. The molecule has 5 heteroatoms.